The van der Waals surface area contributed by atoms with Crippen LogP contribution in [0.15, 0.2) is 120 Å². The first-order chi connectivity index (χ1) is 25.9. The number of amides is 1. The van der Waals surface area contributed by atoms with Gasteiger partial charge in [-0.1, -0.05) is 81.1 Å². The Morgan fingerprint density at radius 1 is 0.815 bits per heavy atom. The van der Waals surface area contributed by atoms with Crippen LogP contribution in [-0.2, 0) is 12.8 Å². The summed E-state index contributed by atoms with van der Waals surface area (Å²) in [6.45, 7) is 22.2. The summed E-state index contributed by atoms with van der Waals surface area (Å²) in [4.78, 5) is 27.5. The van der Waals surface area contributed by atoms with Gasteiger partial charge >= 0.3 is 5.97 Å². The van der Waals surface area contributed by atoms with Crippen molar-refractivity contribution in [2.24, 2.45) is 4.99 Å². The monoisotopic (exact) mass is 729 g/mol. The van der Waals surface area contributed by atoms with Crippen molar-refractivity contribution in [3.8, 4) is 5.75 Å². The molecular weight excluding hydrogens is 671 g/mol. The van der Waals surface area contributed by atoms with Gasteiger partial charge in [0.1, 0.15) is 11.3 Å². The number of rotatable bonds is 13. The van der Waals surface area contributed by atoms with Crippen molar-refractivity contribution in [1.29, 1.82) is 0 Å². The first-order valence-electron chi connectivity index (χ1n) is 18.5. The maximum atomic E-state index is 11.8. The number of aliphatic imine (C=N–C) groups is 1. The Labute approximate surface area is 323 Å². The van der Waals surface area contributed by atoms with Gasteiger partial charge in [-0.25, -0.2) is 4.79 Å². The van der Waals surface area contributed by atoms with Crippen LogP contribution >= 0.6 is 0 Å². The van der Waals surface area contributed by atoms with Gasteiger partial charge in [-0.3, -0.25) is 9.79 Å². The van der Waals surface area contributed by atoms with Crippen LogP contribution in [0.1, 0.15) is 112 Å². The fraction of sp³-hybridized carbons (Fsp3) is 0.298. The second-order valence-corrected chi connectivity index (χ2v) is 12.9. The lowest BCUT2D eigenvalue weighted by molar-refractivity contribution is 0.0693. The number of phenols is 1. The van der Waals surface area contributed by atoms with Crippen LogP contribution in [0.4, 0.5) is 0 Å². The van der Waals surface area contributed by atoms with E-state index in [4.69, 9.17) is 5.11 Å². The van der Waals surface area contributed by atoms with Crippen molar-refractivity contribution >= 4 is 18.1 Å². The maximum absolute atomic E-state index is 11.8. The van der Waals surface area contributed by atoms with Gasteiger partial charge in [0.15, 0.2) is 0 Å². The van der Waals surface area contributed by atoms with Gasteiger partial charge in [0.2, 0.25) is 0 Å². The molecule has 4 N–H and O–H groups in total. The molecule has 0 aliphatic heterocycles. The number of aromatic hydroxyl groups is 1. The Balaban J connectivity index is 0.000000357. The SMILES string of the molecule is C=CN/C=C(\C)C(Cc1ccc(C(=O)O)c(O)c1)c1cccc(C)c1C.CC.CC=N/C(=C\C)C(Cc1ccc(C(=O)NC)cc1)c1cccc(C)c1C. The van der Waals surface area contributed by atoms with Crippen molar-refractivity contribution in [2.75, 3.05) is 7.05 Å². The lowest BCUT2D eigenvalue weighted by Gasteiger charge is -2.22. The van der Waals surface area contributed by atoms with E-state index in [9.17, 15) is 14.7 Å². The highest BCUT2D eigenvalue weighted by molar-refractivity contribution is 5.94. The zero-order valence-electron chi connectivity index (χ0n) is 33.7. The summed E-state index contributed by atoms with van der Waals surface area (Å²) in [6, 6.07) is 25.3. The fourth-order valence-corrected chi connectivity index (χ4v) is 6.29. The van der Waals surface area contributed by atoms with E-state index in [2.05, 4.69) is 93.2 Å². The van der Waals surface area contributed by atoms with Crippen LogP contribution < -0.4 is 10.6 Å². The van der Waals surface area contributed by atoms with Crippen LogP contribution in [-0.4, -0.2) is 35.4 Å². The highest BCUT2D eigenvalue weighted by Gasteiger charge is 2.21. The third kappa shape index (κ3) is 12.2. The standard InChI is InChI=1S/C23H28N2O.C22H25NO3.C2H6/c1-6-22(25-7-2)21(20-10-8-9-16(3)17(20)4)15-18-11-13-19(14-12-18)23(26)24-5;1-5-23-13-15(3)20(18-8-6-7-14(2)16(18)4)11-17-9-10-19(22(25)26)21(24)12-17;1-2/h6-14,21H,15H2,1-5H3,(H,24,26);5-10,12-13,20,23-24H,1,11H2,2-4H3,(H,25,26);1-2H3/b22-6-,25-7?;15-13+;. The summed E-state index contributed by atoms with van der Waals surface area (Å²) in [6.07, 6.45) is 8.98. The number of hydrogen-bond donors (Lipinski definition) is 4. The summed E-state index contributed by atoms with van der Waals surface area (Å²) in [5, 5.41) is 24.8. The Morgan fingerprint density at radius 2 is 1.35 bits per heavy atom. The van der Waals surface area contributed by atoms with Gasteiger partial charge in [0, 0.05) is 36.4 Å². The average molecular weight is 730 g/mol. The number of carbonyl (C=O) groups is 2. The highest BCUT2D eigenvalue weighted by Crippen LogP contribution is 2.34. The van der Waals surface area contributed by atoms with Crippen molar-refractivity contribution in [1.82, 2.24) is 10.6 Å². The number of nitrogens with zero attached hydrogens (tertiary/aromatic N) is 1. The smallest absolute Gasteiger partial charge is 0.339 e. The van der Waals surface area contributed by atoms with Crippen molar-refractivity contribution in [2.45, 2.75) is 87.0 Å². The molecule has 0 spiro atoms. The van der Waals surface area contributed by atoms with E-state index in [0.29, 0.717) is 12.0 Å². The topological polar surface area (TPSA) is 111 Å². The molecule has 4 rings (SSSR count). The summed E-state index contributed by atoms with van der Waals surface area (Å²) < 4.78 is 0. The lowest BCUT2D eigenvalue weighted by Crippen LogP contribution is -2.17. The molecule has 2 atom stereocenters. The van der Waals surface area contributed by atoms with Gasteiger partial charge in [-0.2, -0.15) is 0 Å². The minimum Gasteiger partial charge on any atom is -0.507 e. The van der Waals surface area contributed by atoms with Crippen LogP contribution in [0.5, 0.6) is 5.75 Å². The molecular formula is C47H59N3O4. The Bertz CT molecular complexity index is 1950. The highest BCUT2D eigenvalue weighted by atomic mass is 16.4. The van der Waals surface area contributed by atoms with Crippen molar-refractivity contribution in [3.63, 3.8) is 0 Å². The zero-order valence-corrected chi connectivity index (χ0v) is 33.7. The predicted octanol–water partition coefficient (Wildman–Crippen LogP) is 10.7. The Kier molecular flexibility index (Phi) is 18.4. The third-order valence-corrected chi connectivity index (χ3v) is 9.57. The van der Waals surface area contributed by atoms with Crippen LogP contribution in [0.2, 0.25) is 0 Å². The average Bonchev–Trinajstić information content (AvgIpc) is 3.17. The second kappa shape index (κ2) is 22.4. The largest absolute Gasteiger partial charge is 0.507 e. The van der Waals surface area contributed by atoms with E-state index in [0.717, 1.165) is 23.3 Å². The zero-order chi connectivity index (χ0) is 40.4. The molecule has 0 aromatic heterocycles. The molecule has 4 aromatic rings. The van der Waals surface area contributed by atoms with E-state index in [1.54, 1.807) is 19.3 Å². The summed E-state index contributed by atoms with van der Waals surface area (Å²) in [5.74, 6) is -1.13. The number of aromatic carboxylic acids is 1. The molecule has 0 radical (unpaired) electrons. The number of aryl methyl sites for hydroxylation is 2. The molecule has 0 bridgehead atoms. The molecule has 4 aromatic carbocycles. The van der Waals surface area contributed by atoms with E-state index in [1.807, 2.05) is 70.4 Å². The fourth-order valence-electron chi connectivity index (χ4n) is 6.29. The molecule has 0 fully saturated rings. The van der Waals surface area contributed by atoms with Gasteiger partial charge < -0.3 is 20.8 Å². The number of carboxylic acids is 1. The van der Waals surface area contributed by atoms with Crippen molar-refractivity contribution in [3.05, 3.63) is 171 Å². The summed E-state index contributed by atoms with van der Waals surface area (Å²) in [7, 11) is 1.65. The molecule has 2 unspecified atom stereocenters. The quantitative estimate of drug-likeness (QED) is 0.102. The number of benzene rings is 4. The molecule has 1 amide bonds. The number of carboxylic acid groups (broad SMARTS) is 1. The normalized spacial score (nSPS) is 12.4. The van der Waals surface area contributed by atoms with Gasteiger partial charge in [-0.15, -0.1) is 0 Å². The van der Waals surface area contributed by atoms with Crippen LogP contribution in [0, 0.1) is 27.7 Å². The van der Waals surface area contributed by atoms with E-state index >= 15 is 0 Å². The molecule has 0 saturated carbocycles. The third-order valence-electron chi connectivity index (χ3n) is 9.57. The predicted molar refractivity (Wildman–Crippen MR) is 226 cm³/mol. The van der Waals surface area contributed by atoms with E-state index < -0.39 is 5.97 Å². The number of carbonyl (C=O) groups excluding carboxylic acids is 1. The first kappa shape index (κ1) is 44.5. The lowest BCUT2D eigenvalue weighted by atomic mass is 9.83. The molecule has 0 aliphatic rings. The van der Waals surface area contributed by atoms with Gasteiger partial charge in [-0.05, 0) is 148 Å². The van der Waals surface area contributed by atoms with E-state index in [-0.39, 0.29) is 29.1 Å². The molecule has 7 nitrogen and oxygen atoms in total. The van der Waals surface area contributed by atoms with Gasteiger partial charge in [0.25, 0.3) is 5.91 Å². The Hall–Kier alpha value is -5.69. The second-order valence-electron chi connectivity index (χ2n) is 12.9. The number of allylic oxidation sites excluding steroid dienone is 3. The summed E-state index contributed by atoms with van der Waals surface area (Å²) in [5.41, 5.74) is 12.4. The van der Waals surface area contributed by atoms with Gasteiger partial charge in [0.05, 0.1) is 0 Å². The number of hydrogen-bond acceptors (Lipinski definition) is 5. The molecule has 7 heteroatoms. The van der Waals surface area contributed by atoms with Crippen LogP contribution in [0.25, 0.3) is 0 Å². The molecule has 286 valence electrons. The van der Waals surface area contributed by atoms with E-state index in [1.165, 1.54) is 51.1 Å². The van der Waals surface area contributed by atoms with Crippen molar-refractivity contribution < 1.29 is 19.8 Å². The minimum absolute atomic E-state index is 0.0626. The Morgan fingerprint density at radius 3 is 1.83 bits per heavy atom. The summed E-state index contributed by atoms with van der Waals surface area (Å²) >= 11 is 0. The molecule has 0 aliphatic carbocycles. The maximum Gasteiger partial charge on any atom is 0.339 e. The molecule has 0 heterocycles. The number of nitrogens with one attached hydrogen (secondary N) is 2. The molecule has 0 saturated heterocycles. The van der Waals surface area contributed by atoms with Crippen LogP contribution in [0.3, 0.4) is 0 Å². The first-order valence-corrected chi connectivity index (χ1v) is 18.5. The molecule has 54 heavy (non-hydrogen) atoms. The minimum atomic E-state index is -1.13.